The van der Waals surface area contributed by atoms with Crippen molar-refractivity contribution in [2.75, 3.05) is 13.7 Å². The van der Waals surface area contributed by atoms with E-state index in [2.05, 4.69) is 0 Å². The van der Waals surface area contributed by atoms with Gasteiger partial charge in [0.25, 0.3) is 5.91 Å². The number of hydrogen-bond donors (Lipinski definition) is 3. The van der Waals surface area contributed by atoms with Crippen LogP contribution >= 0.6 is 12.4 Å². The van der Waals surface area contributed by atoms with Gasteiger partial charge >= 0.3 is 0 Å². The number of benzene rings is 1. The van der Waals surface area contributed by atoms with Crippen molar-refractivity contribution >= 4 is 24.1 Å². The number of methoxy groups -OCH3 is 1. The Bertz CT molecular complexity index is 423. The number of nitrogens with two attached hydrogens (primary N) is 2. The predicted octanol–water partition coefficient (Wildman–Crippen LogP) is 0.265. The molecule has 0 saturated heterocycles. The first-order valence-electron chi connectivity index (χ1n) is 4.48. The van der Waals surface area contributed by atoms with Crippen molar-refractivity contribution in [3.05, 3.63) is 23.8 Å². The van der Waals surface area contributed by atoms with Crippen molar-refractivity contribution in [1.82, 2.24) is 0 Å². The Balaban J connectivity index is 0.00000256. The molecule has 1 amide bonds. The van der Waals surface area contributed by atoms with Gasteiger partial charge < -0.3 is 20.9 Å². The Morgan fingerprint density at radius 1 is 1.35 bits per heavy atom. The quantitative estimate of drug-likeness (QED) is 0.520. The Morgan fingerprint density at radius 2 is 2.00 bits per heavy atom. The SMILES string of the molecule is COc1cc(C(=N)N)ccc1OCC(N)=O.Cl. The smallest absolute Gasteiger partial charge is 0.255 e. The molecule has 0 aliphatic rings. The molecule has 1 rings (SSSR count). The second-order valence-electron chi connectivity index (χ2n) is 3.03. The van der Waals surface area contributed by atoms with Crippen molar-refractivity contribution in [2.45, 2.75) is 0 Å². The molecule has 1 aromatic carbocycles. The summed E-state index contributed by atoms with van der Waals surface area (Å²) in [5.41, 5.74) is 10.8. The summed E-state index contributed by atoms with van der Waals surface area (Å²) in [6.45, 7) is -0.226. The van der Waals surface area contributed by atoms with Crippen LogP contribution in [0.15, 0.2) is 18.2 Å². The van der Waals surface area contributed by atoms with Crippen LogP contribution in [-0.4, -0.2) is 25.5 Å². The summed E-state index contributed by atoms with van der Waals surface area (Å²) >= 11 is 0. The predicted molar refractivity (Wildman–Crippen MR) is 65.9 cm³/mol. The summed E-state index contributed by atoms with van der Waals surface area (Å²) in [6, 6.07) is 4.72. The average Bonchev–Trinajstić information content (AvgIpc) is 2.25. The van der Waals surface area contributed by atoms with E-state index in [4.69, 9.17) is 26.4 Å². The van der Waals surface area contributed by atoms with Gasteiger partial charge in [-0.05, 0) is 18.2 Å². The number of carbonyl (C=O) groups is 1. The maximum Gasteiger partial charge on any atom is 0.255 e. The first kappa shape index (κ1) is 15.0. The highest BCUT2D eigenvalue weighted by Crippen LogP contribution is 2.27. The van der Waals surface area contributed by atoms with E-state index in [0.717, 1.165) is 0 Å². The van der Waals surface area contributed by atoms with Crippen LogP contribution in [0.5, 0.6) is 11.5 Å². The molecule has 6 nitrogen and oxygen atoms in total. The van der Waals surface area contributed by atoms with Gasteiger partial charge in [0, 0.05) is 5.56 Å². The lowest BCUT2D eigenvalue weighted by atomic mass is 10.2. The normalized spacial score (nSPS) is 9.00. The fourth-order valence-corrected chi connectivity index (χ4v) is 1.10. The number of nitrogens with one attached hydrogen (secondary N) is 1. The lowest BCUT2D eigenvalue weighted by Crippen LogP contribution is -2.20. The molecule has 0 saturated carbocycles. The van der Waals surface area contributed by atoms with Gasteiger partial charge in [0.2, 0.25) is 0 Å². The van der Waals surface area contributed by atoms with Gasteiger partial charge in [-0.2, -0.15) is 0 Å². The van der Waals surface area contributed by atoms with Gasteiger partial charge in [0.15, 0.2) is 18.1 Å². The summed E-state index contributed by atoms with van der Waals surface area (Å²) in [6.07, 6.45) is 0. The maximum absolute atomic E-state index is 10.5. The molecule has 0 fully saturated rings. The number of primary amides is 1. The fourth-order valence-electron chi connectivity index (χ4n) is 1.10. The fraction of sp³-hybridized carbons (Fsp3) is 0.200. The molecule has 7 heteroatoms. The van der Waals surface area contributed by atoms with E-state index < -0.39 is 5.91 Å². The molecule has 5 N–H and O–H groups in total. The number of ether oxygens (including phenoxy) is 2. The first-order chi connectivity index (χ1) is 7.54. The van der Waals surface area contributed by atoms with E-state index in [-0.39, 0.29) is 24.8 Å². The third-order valence-corrected chi connectivity index (χ3v) is 1.84. The molecular formula is C10H14ClN3O3. The number of rotatable bonds is 5. The van der Waals surface area contributed by atoms with E-state index in [1.807, 2.05) is 0 Å². The van der Waals surface area contributed by atoms with Crippen LogP contribution in [0.4, 0.5) is 0 Å². The Kier molecular flexibility index (Phi) is 5.84. The van der Waals surface area contributed by atoms with Gasteiger partial charge in [-0.3, -0.25) is 10.2 Å². The van der Waals surface area contributed by atoms with Gasteiger partial charge in [0.1, 0.15) is 5.84 Å². The van der Waals surface area contributed by atoms with Crippen molar-refractivity contribution in [1.29, 1.82) is 5.41 Å². The Hall–Kier alpha value is -1.95. The van der Waals surface area contributed by atoms with Crippen molar-refractivity contribution in [2.24, 2.45) is 11.5 Å². The number of amidine groups is 1. The molecule has 17 heavy (non-hydrogen) atoms. The van der Waals surface area contributed by atoms with Crippen molar-refractivity contribution in [3.63, 3.8) is 0 Å². The standard InChI is InChI=1S/C10H13N3O3.ClH/c1-15-8-4-6(10(12)13)2-3-7(8)16-5-9(11)14;/h2-4H,5H2,1H3,(H2,11,14)(H3,12,13);1H. The molecule has 0 unspecified atom stereocenters. The Labute approximate surface area is 105 Å². The number of hydrogen-bond acceptors (Lipinski definition) is 4. The zero-order valence-corrected chi connectivity index (χ0v) is 10.0. The second kappa shape index (κ2) is 6.59. The average molecular weight is 260 g/mol. The van der Waals surface area contributed by atoms with Gasteiger partial charge in [-0.1, -0.05) is 0 Å². The number of carbonyl (C=O) groups excluding carboxylic acids is 1. The third-order valence-electron chi connectivity index (χ3n) is 1.84. The highest BCUT2D eigenvalue weighted by molar-refractivity contribution is 5.95. The van der Waals surface area contributed by atoms with Crippen LogP contribution in [-0.2, 0) is 4.79 Å². The highest BCUT2D eigenvalue weighted by Gasteiger charge is 2.08. The minimum atomic E-state index is -0.572. The highest BCUT2D eigenvalue weighted by atomic mass is 35.5. The van der Waals surface area contributed by atoms with Gasteiger partial charge in [-0.25, -0.2) is 0 Å². The van der Waals surface area contributed by atoms with Crippen LogP contribution in [0.2, 0.25) is 0 Å². The van der Waals surface area contributed by atoms with Gasteiger partial charge in [0.05, 0.1) is 7.11 Å². The molecule has 0 aromatic heterocycles. The van der Waals surface area contributed by atoms with Gasteiger partial charge in [-0.15, -0.1) is 12.4 Å². The van der Waals surface area contributed by atoms with Crippen LogP contribution in [0.25, 0.3) is 0 Å². The molecular weight excluding hydrogens is 246 g/mol. The lowest BCUT2D eigenvalue weighted by molar-refractivity contribution is -0.119. The lowest BCUT2D eigenvalue weighted by Gasteiger charge is -2.10. The van der Waals surface area contributed by atoms with Crippen LogP contribution in [0.1, 0.15) is 5.56 Å². The molecule has 0 aliphatic carbocycles. The molecule has 0 bridgehead atoms. The summed E-state index contributed by atoms with van der Waals surface area (Å²) in [5.74, 6) is 0.137. The summed E-state index contributed by atoms with van der Waals surface area (Å²) in [5, 5.41) is 7.26. The third kappa shape index (κ3) is 4.20. The van der Waals surface area contributed by atoms with E-state index in [0.29, 0.717) is 17.1 Å². The van der Waals surface area contributed by atoms with Crippen LogP contribution in [0, 0.1) is 5.41 Å². The topological polar surface area (TPSA) is 111 Å². The van der Waals surface area contributed by atoms with E-state index >= 15 is 0 Å². The van der Waals surface area contributed by atoms with E-state index in [1.54, 1.807) is 18.2 Å². The van der Waals surface area contributed by atoms with Crippen LogP contribution in [0.3, 0.4) is 0 Å². The molecule has 0 radical (unpaired) electrons. The maximum atomic E-state index is 10.5. The molecule has 0 heterocycles. The monoisotopic (exact) mass is 259 g/mol. The zero-order chi connectivity index (χ0) is 12.1. The van der Waals surface area contributed by atoms with Crippen molar-refractivity contribution < 1.29 is 14.3 Å². The second-order valence-corrected chi connectivity index (χ2v) is 3.03. The zero-order valence-electron chi connectivity index (χ0n) is 9.23. The molecule has 0 aliphatic heterocycles. The minimum absolute atomic E-state index is 0. The molecule has 0 spiro atoms. The molecule has 1 aromatic rings. The number of halogens is 1. The van der Waals surface area contributed by atoms with E-state index in [1.165, 1.54) is 7.11 Å². The molecule has 94 valence electrons. The molecule has 0 atom stereocenters. The number of amides is 1. The largest absolute Gasteiger partial charge is 0.493 e. The summed E-state index contributed by atoms with van der Waals surface area (Å²) < 4.78 is 10.2. The van der Waals surface area contributed by atoms with E-state index in [9.17, 15) is 4.79 Å². The minimum Gasteiger partial charge on any atom is -0.493 e. The first-order valence-corrected chi connectivity index (χ1v) is 4.48. The summed E-state index contributed by atoms with van der Waals surface area (Å²) in [4.78, 5) is 10.5. The summed E-state index contributed by atoms with van der Waals surface area (Å²) in [7, 11) is 1.45. The van der Waals surface area contributed by atoms with Crippen molar-refractivity contribution in [3.8, 4) is 11.5 Å². The Morgan fingerprint density at radius 3 is 2.47 bits per heavy atom. The van der Waals surface area contributed by atoms with Crippen LogP contribution < -0.4 is 20.9 Å². The number of nitrogen functional groups attached to an aromatic ring is 1.